The molecule has 1 aliphatic rings. The van der Waals surface area contributed by atoms with Crippen LogP contribution in [-0.4, -0.2) is 62.6 Å². The molecule has 4 nitrogen and oxygen atoms in total. The summed E-state index contributed by atoms with van der Waals surface area (Å²) in [4.78, 5) is 2.48. The van der Waals surface area contributed by atoms with Gasteiger partial charge in [0.25, 0.3) is 0 Å². The maximum absolute atomic E-state index is 8.99. The number of aliphatic hydroxyl groups is 1. The number of hydrogen-bond acceptors (Lipinski definition) is 4. The van der Waals surface area contributed by atoms with Crippen LogP contribution in [0.4, 0.5) is 0 Å². The maximum atomic E-state index is 8.99. The molecule has 0 bridgehead atoms. The molecule has 1 saturated heterocycles. The van der Waals surface area contributed by atoms with Crippen LogP contribution in [0.3, 0.4) is 0 Å². The molecular weight excluding hydrogens is 204 g/mol. The first kappa shape index (κ1) is 13.9. The van der Waals surface area contributed by atoms with E-state index in [9.17, 15) is 0 Å². The smallest absolute Gasteiger partial charge is 0.0503 e. The number of ether oxygens (including phenoxy) is 1. The van der Waals surface area contributed by atoms with Gasteiger partial charge in [-0.1, -0.05) is 6.92 Å². The molecule has 0 aromatic carbocycles. The van der Waals surface area contributed by atoms with E-state index < -0.39 is 0 Å². The van der Waals surface area contributed by atoms with Crippen molar-refractivity contribution < 1.29 is 9.84 Å². The molecule has 0 aliphatic carbocycles. The predicted octanol–water partition coefficient (Wildman–Crippen LogP) is 0.315. The highest BCUT2D eigenvalue weighted by molar-refractivity contribution is 4.79. The van der Waals surface area contributed by atoms with Crippen LogP contribution in [0.2, 0.25) is 0 Å². The molecule has 4 heteroatoms. The number of aliphatic hydroxyl groups excluding tert-OH is 1. The van der Waals surface area contributed by atoms with Gasteiger partial charge >= 0.3 is 0 Å². The Labute approximate surface area is 99.0 Å². The zero-order chi connectivity index (χ0) is 11.8. The van der Waals surface area contributed by atoms with Gasteiger partial charge in [-0.05, 0) is 31.8 Å². The number of nitrogens with zero attached hydrogens (tertiary/aromatic N) is 1. The monoisotopic (exact) mass is 230 g/mol. The summed E-state index contributed by atoms with van der Waals surface area (Å²) in [5.41, 5.74) is 0. The van der Waals surface area contributed by atoms with Crippen LogP contribution in [0.1, 0.15) is 19.8 Å². The lowest BCUT2D eigenvalue weighted by atomic mass is 10.1. The van der Waals surface area contributed by atoms with E-state index in [1.807, 2.05) is 0 Å². The quantitative estimate of drug-likeness (QED) is 0.630. The molecule has 0 aromatic rings. The molecular formula is C12H26N2O2. The Morgan fingerprint density at radius 2 is 2.38 bits per heavy atom. The van der Waals surface area contributed by atoms with Crippen molar-refractivity contribution in [1.29, 1.82) is 0 Å². The van der Waals surface area contributed by atoms with Crippen molar-refractivity contribution in [2.24, 2.45) is 5.92 Å². The molecule has 0 spiro atoms. The van der Waals surface area contributed by atoms with Gasteiger partial charge in [-0.2, -0.15) is 0 Å². The molecule has 1 rings (SSSR count). The van der Waals surface area contributed by atoms with Crippen molar-refractivity contribution in [3.8, 4) is 0 Å². The van der Waals surface area contributed by atoms with Gasteiger partial charge in [0.15, 0.2) is 0 Å². The zero-order valence-electron chi connectivity index (χ0n) is 10.6. The molecule has 2 N–H and O–H groups in total. The molecule has 96 valence electrons. The summed E-state index contributed by atoms with van der Waals surface area (Å²) in [7, 11) is 1.77. The van der Waals surface area contributed by atoms with Crippen LogP contribution in [0.5, 0.6) is 0 Å². The van der Waals surface area contributed by atoms with Gasteiger partial charge in [0.2, 0.25) is 0 Å². The number of rotatable bonds is 8. The zero-order valence-corrected chi connectivity index (χ0v) is 10.6. The Bertz CT molecular complexity index is 172. The molecule has 1 heterocycles. The van der Waals surface area contributed by atoms with Gasteiger partial charge in [-0.25, -0.2) is 0 Å². The van der Waals surface area contributed by atoms with Crippen LogP contribution in [0.25, 0.3) is 0 Å². The highest BCUT2D eigenvalue weighted by Gasteiger charge is 2.23. The summed E-state index contributed by atoms with van der Waals surface area (Å²) in [5, 5.41) is 12.4. The first-order valence-corrected chi connectivity index (χ1v) is 6.35. The van der Waals surface area contributed by atoms with Crippen molar-refractivity contribution in [1.82, 2.24) is 10.2 Å². The lowest BCUT2D eigenvalue weighted by molar-refractivity contribution is 0.151. The maximum Gasteiger partial charge on any atom is 0.0503 e. The Morgan fingerprint density at radius 3 is 3.00 bits per heavy atom. The van der Waals surface area contributed by atoms with Crippen LogP contribution >= 0.6 is 0 Å². The minimum atomic E-state index is 0.271. The molecule has 0 amide bonds. The Hall–Kier alpha value is -0.160. The van der Waals surface area contributed by atoms with E-state index in [2.05, 4.69) is 17.1 Å². The van der Waals surface area contributed by atoms with E-state index in [1.54, 1.807) is 7.11 Å². The summed E-state index contributed by atoms with van der Waals surface area (Å²) in [6, 6.07) is 0.427. The minimum Gasteiger partial charge on any atom is -0.396 e. The first-order chi connectivity index (χ1) is 7.80. The van der Waals surface area contributed by atoms with E-state index in [0.29, 0.717) is 12.0 Å². The Kier molecular flexibility index (Phi) is 6.96. The third kappa shape index (κ3) is 4.78. The van der Waals surface area contributed by atoms with Gasteiger partial charge in [0.1, 0.15) is 0 Å². The van der Waals surface area contributed by atoms with Crippen LogP contribution in [-0.2, 0) is 4.74 Å². The largest absolute Gasteiger partial charge is 0.396 e. The fraction of sp³-hybridized carbons (Fsp3) is 1.00. The van der Waals surface area contributed by atoms with Gasteiger partial charge in [0, 0.05) is 32.8 Å². The van der Waals surface area contributed by atoms with Crippen molar-refractivity contribution >= 4 is 0 Å². The Balaban J connectivity index is 2.24. The summed E-state index contributed by atoms with van der Waals surface area (Å²) in [6.45, 7) is 7.59. The average molecular weight is 230 g/mol. The fourth-order valence-electron chi connectivity index (χ4n) is 2.46. The predicted molar refractivity (Wildman–Crippen MR) is 65.6 cm³/mol. The van der Waals surface area contributed by atoms with Crippen molar-refractivity contribution in [3.05, 3.63) is 0 Å². The second-order valence-corrected chi connectivity index (χ2v) is 4.64. The third-order valence-electron chi connectivity index (χ3n) is 3.22. The topological polar surface area (TPSA) is 44.7 Å². The number of hydrogen-bond donors (Lipinski definition) is 2. The second-order valence-electron chi connectivity index (χ2n) is 4.64. The third-order valence-corrected chi connectivity index (χ3v) is 3.22. The van der Waals surface area contributed by atoms with E-state index >= 15 is 0 Å². The summed E-state index contributed by atoms with van der Waals surface area (Å²) >= 11 is 0. The Morgan fingerprint density at radius 1 is 1.56 bits per heavy atom. The number of likely N-dealkylation sites (tertiary alicyclic amines) is 1. The average Bonchev–Trinajstić information content (AvgIpc) is 2.67. The first-order valence-electron chi connectivity index (χ1n) is 6.35. The molecule has 0 saturated carbocycles. The molecule has 2 atom stereocenters. The minimum absolute atomic E-state index is 0.271. The molecule has 16 heavy (non-hydrogen) atoms. The van der Waals surface area contributed by atoms with Crippen molar-refractivity contribution in [2.75, 3.05) is 46.5 Å². The molecule has 2 unspecified atom stereocenters. The SMILES string of the molecule is CCNC(CCO)CN1CCC(COC)C1. The van der Waals surface area contributed by atoms with Crippen LogP contribution in [0, 0.1) is 5.92 Å². The van der Waals surface area contributed by atoms with Gasteiger partial charge in [-0.15, -0.1) is 0 Å². The molecule has 1 fully saturated rings. The fourth-order valence-corrected chi connectivity index (χ4v) is 2.46. The molecule has 0 radical (unpaired) electrons. The standard InChI is InChI=1S/C12H26N2O2/c1-3-13-12(5-7-15)9-14-6-4-11(8-14)10-16-2/h11-13,15H,3-10H2,1-2H3. The number of likely N-dealkylation sites (N-methyl/N-ethyl adjacent to an activating group) is 1. The van der Waals surface area contributed by atoms with Gasteiger partial charge in [0.05, 0.1) is 6.61 Å². The lowest BCUT2D eigenvalue weighted by Gasteiger charge is -2.24. The van der Waals surface area contributed by atoms with E-state index in [4.69, 9.17) is 9.84 Å². The summed E-state index contributed by atoms with van der Waals surface area (Å²) < 4.78 is 5.19. The number of nitrogens with one attached hydrogen (secondary N) is 1. The summed E-state index contributed by atoms with van der Waals surface area (Å²) in [6.07, 6.45) is 2.09. The molecule has 1 aliphatic heterocycles. The van der Waals surface area contributed by atoms with Gasteiger partial charge < -0.3 is 20.1 Å². The van der Waals surface area contributed by atoms with Crippen LogP contribution < -0.4 is 5.32 Å². The van der Waals surface area contributed by atoms with Crippen molar-refractivity contribution in [2.45, 2.75) is 25.8 Å². The van der Waals surface area contributed by atoms with Crippen molar-refractivity contribution in [3.63, 3.8) is 0 Å². The summed E-state index contributed by atoms with van der Waals surface area (Å²) in [5.74, 6) is 0.696. The normalized spacial score (nSPS) is 23.8. The lowest BCUT2D eigenvalue weighted by Crippen LogP contribution is -2.40. The molecule has 0 aromatic heterocycles. The number of methoxy groups -OCH3 is 1. The van der Waals surface area contributed by atoms with Gasteiger partial charge in [-0.3, -0.25) is 0 Å². The van der Waals surface area contributed by atoms with E-state index in [-0.39, 0.29) is 6.61 Å². The highest BCUT2D eigenvalue weighted by atomic mass is 16.5. The van der Waals surface area contributed by atoms with Crippen LogP contribution in [0.15, 0.2) is 0 Å². The highest BCUT2D eigenvalue weighted by Crippen LogP contribution is 2.16. The van der Waals surface area contributed by atoms with E-state index in [0.717, 1.165) is 32.7 Å². The second kappa shape index (κ2) is 8.01. The van der Waals surface area contributed by atoms with E-state index in [1.165, 1.54) is 13.0 Å².